The van der Waals surface area contributed by atoms with Crippen LogP contribution < -0.4 is 14.3 Å². The first-order chi connectivity index (χ1) is 21.8. The maximum atomic E-state index is 13.0. The number of nitrogens with zero attached hydrogens (tertiary/aromatic N) is 1. The van der Waals surface area contributed by atoms with E-state index in [2.05, 4.69) is 16.9 Å². The number of sulfonamides is 1. The van der Waals surface area contributed by atoms with Gasteiger partial charge in [0.05, 0.1) is 23.8 Å². The molecule has 1 N–H and O–H groups in total. The molecule has 8 nitrogen and oxygen atoms in total. The SMILES string of the molecule is CCCCCCCCCCCCOc1ccc(/C(=N/NS(=O)(=O)c2ccc(C)cc2)c2ccc(OCC(=O)OCC)cc2)cc1. The Kier molecular flexibility index (Phi) is 15.5. The Labute approximate surface area is 269 Å². The molecular weight excluding hydrogens is 588 g/mol. The van der Waals surface area contributed by atoms with E-state index in [1.807, 2.05) is 31.2 Å². The highest BCUT2D eigenvalue weighted by Crippen LogP contribution is 2.20. The van der Waals surface area contributed by atoms with Gasteiger partial charge in [-0.05, 0) is 80.9 Å². The molecule has 3 rings (SSSR count). The van der Waals surface area contributed by atoms with Gasteiger partial charge >= 0.3 is 5.97 Å². The lowest BCUT2D eigenvalue weighted by Crippen LogP contribution is -2.21. The van der Waals surface area contributed by atoms with E-state index in [0.717, 1.165) is 24.2 Å². The summed E-state index contributed by atoms with van der Waals surface area (Å²) < 4.78 is 42.4. The molecule has 0 spiro atoms. The summed E-state index contributed by atoms with van der Waals surface area (Å²) in [4.78, 5) is 14.2. The molecular formula is C36H48N2O6S. The summed E-state index contributed by atoms with van der Waals surface area (Å²) >= 11 is 0. The molecule has 0 heterocycles. The zero-order valence-electron chi connectivity index (χ0n) is 26.9. The van der Waals surface area contributed by atoms with Gasteiger partial charge in [0.15, 0.2) is 6.61 Å². The van der Waals surface area contributed by atoms with Gasteiger partial charge in [0.2, 0.25) is 0 Å². The van der Waals surface area contributed by atoms with Crippen molar-refractivity contribution in [1.29, 1.82) is 0 Å². The Balaban J connectivity index is 1.64. The van der Waals surface area contributed by atoms with Crippen molar-refractivity contribution in [3.8, 4) is 11.5 Å². The van der Waals surface area contributed by atoms with Gasteiger partial charge in [-0.1, -0.05) is 82.4 Å². The van der Waals surface area contributed by atoms with Crippen molar-refractivity contribution < 1.29 is 27.4 Å². The summed E-state index contributed by atoms with van der Waals surface area (Å²) in [6.07, 6.45) is 12.7. The van der Waals surface area contributed by atoms with E-state index in [9.17, 15) is 13.2 Å². The minimum absolute atomic E-state index is 0.120. The first kappa shape index (κ1) is 35.6. The molecule has 0 amide bonds. The molecule has 244 valence electrons. The fourth-order valence-electron chi connectivity index (χ4n) is 4.71. The van der Waals surface area contributed by atoms with Gasteiger partial charge < -0.3 is 14.2 Å². The molecule has 0 aromatic heterocycles. The number of hydrogen-bond donors (Lipinski definition) is 1. The van der Waals surface area contributed by atoms with Gasteiger partial charge in [0, 0.05) is 11.1 Å². The lowest BCUT2D eigenvalue weighted by molar-refractivity contribution is -0.145. The number of hydrogen-bond acceptors (Lipinski definition) is 7. The highest BCUT2D eigenvalue weighted by Gasteiger charge is 2.15. The van der Waals surface area contributed by atoms with Crippen LogP contribution in [0.15, 0.2) is 82.8 Å². The molecule has 3 aromatic rings. The minimum Gasteiger partial charge on any atom is -0.494 e. The maximum Gasteiger partial charge on any atom is 0.344 e. The number of rotatable bonds is 21. The van der Waals surface area contributed by atoms with Crippen molar-refractivity contribution in [3.63, 3.8) is 0 Å². The Hall–Kier alpha value is -3.85. The van der Waals surface area contributed by atoms with E-state index >= 15 is 0 Å². The number of benzene rings is 3. The average Bonchev–Trinajstić information content (AvgIpc) is 3.04. The van der Waals surface area contributed by atoms with Crippen LogP contribution in [0.4, 0.5) is 0 Å². The van der Waals surface area contributed by atoms with Crippen LogP contribution in [-0.2, 0) is 19.6 Å². The van der Waals surface area contributed by atoms with E-state index in [1.54, 1.807) is 55.5 Å². The second-order valence-electron chi connectivity index (χ2n) is 11.0. The normalized spacial score (nSPS) is 11.7. The number of nitrogens with one attached hydrogen (secondary N) is 1. The summed E-state index contributed by atoms with van der Waals surface area (Å²) in [5.74, 6) is 0.767. The van der Waals surface area contributed by atoms with E-state index in [1.165, 1.54) is 51.4 Å². The molecule has 0 saturated heterocycles. The number of aryl methyl sites for hydroxylation is 1. The van der Waals surface area contributed by atoms with Gasteiger partial charge in [0.25, 0.3) is 10.0 Å². The quantitative estimate of drug-likeness (QED) is 0.0551. The second kappa shape index (κ2) is 19.5. The van der Waals surface area contributed by atoms with Crippen molar-refractivity contribution in [1.82, 2.24) is 4.83 Å². The molecule has 3 aromatic carbocycles. The Morgan fingerprint density at radius 1 is 0.689 bits per heavy atom. The third kappa shape index (κ3) is 13.0. The molecule has 0 atom stereocenters. The number of carbonyl (C=O) groups is 1. The molecule has 45 heavy (non-hydrogen) atoms. The van der Waals surface area contributed by atoms with Gasteiger partial charge in [-0.25, -0.2) is 4.79 Å². The Morgan fingerprint density at radius 2 is 1.20 bits per heavy atom. The number of unbranched alkanes of at least 4 members (excludes halogenated alkanes) is 9. The first-order valence-corrected chi connectivity index (χ1v) is 17.6. The molecule has 9 heteroatoms. The fourth-order valence-corrected chi connectivity index (χ4v) is 5.53. The smallest absolute Gasteiger partial charge is 0.344 e. The van der Waals surface area contributed by atoms with Gasteiger partial charge in [-0.2, -0.15) is 18.4 Å². The summed E-state index contributed by atoms with van der Waals surface area (Å²) in [6.45, 7) is 6.61. The second-order valence-corrected chi connectivity index (χ2v) is 12.7. The predicted octanol–water partition coefficient (Wildman–Crippen LogP) is 7.97. The van der Waals surface area contributed by atoms with Gasteiger partial charge in [0.1, 0.15) is 11.5 Å². The summed E-state index contributed by atoms with van der Waals surface area (Å²) in [5, 5.41) is 4.35. The third-order valence-electron chi connectivity index (χ3n) is 7.29. The van der Waals surface area contributed by atoms with E-state index < -0.39 is 16.0 Å². The highest BCUT2D eigenvalue weighted by molar-refractivity contribution is 7.89. The zero-order valence-corrected chi connectivity index (χ0v) is 27.7. The summed E-state index contributed by atoms with van der Waals surface area (Å²) in [6, 6.07) is 20.9. The molecule has 0 aliphatic rings. The molecule has 0 fully saturated rings. The molecule has 0 saturated carbocycles. The van der Waals surface area contributed by atoms with Crippen LogP contribution in [0, 0.1) is 6.92 Å². The highest BCUT2D eigenvalue weighted by atomic mass is 32.2. The lowest BCUT2D eigenvalue weighted by Gasteiger charge is -2.12. The van der Waals surface area contributed by atoms with Crippen LogP contribution in [0.2, 0.25) is 0 Å². The molecule has 0 unspecified atom stereocenters. The third-order valence-corrected chi connectivity index (χ3v) is 8.52. The Morgan fingerprint density at radius 3 is 1.73 bits per heavy atom. The van der Waals surface area contributed by atoms with Crippen LogP contribution in [0.1, 0.15) is 94.7 Å². The fraction of sp³-hybridized carbons (Fsp3) is 0.444. The Bertz CT molecular complexity index is 1420. The number of esters is 1. The number of hydrazone groups is 1. The van der Waals surface area contributed by atoms with E-state index in [4.69, 9.17) is 14.2 Å². The largest absolute Gasteiger partial charge is 0.494 e. The first-order valence-electron chi connectivity index (χ1n) is 16.1. The van der Waals surface area contributed by atoms with E-state index in [-0.39, 0.29) is 18.1 Å². The molecule has 0 aliphatic heterocycles. The van der Waals surface area contributed by atoms with Crippen LogP contribution in [-0.4, -0.2) is 39.9 Å². The summed E-state index contributed by atoms with van der Waals surface area (Å²) in [5.41, 5.74) is 2.74. The standard InChI is InChI=1S/C36H48N2O6S/c1-4-6-7-8-9-10-11-12-13-14-27-43-32-21-17-30(18-22-32)36(37-38-45(40,41)34-25-15-29(3)16-26-34)31-19-23-33(24-20-31)44-28-35(39)42-5-2/h15-26,38H,4-14,27-28H2,1-3H3/b37-36-. The van der Waals surface area contributed by atoms with Gasteiger partial charge in [-0.3, -0.25) is 0 Å². The van der Waals surface area contributed by atoms with Crippen molar-refractivity contribution in [2.45, 2.75) is 89.9 Å². The van der Waals surface area contributed by atoms with Crippen LogP contribution in [0.3, 0.4) is 0 Å². The monoisotopic (exact) mass is 636 g/mol. The van der Waals surface area contributed by atoms with Crippen molar-refractivity contribution in [3.05, 3.63) is 89.5 Å². The molecule has 0 radical (unpaired) electrons. The molecule has 0 bridgehead atoms. The van der Waals surface area contributed by atoms with Gasteiger partial charge in [-0.15, -0.1) is 0 Å². The van der Waals surface area contributed by atoms with Crippen molar-refractivity contribution in [2.24, 2.45) is 5.10 Å². The van der Waals surface area contributed by atoms with Crippen LogP contribution in [0.5, 0.6) is 11.5 Å². The summed E-state index contributed by atoms with van der Waals surface area (Å²) in [7, 11) is -3.90. The predicted molar refractivity (Wildman–Crippen MR) is 179 cm³/mol. The minimum atomic E-state index is -3.90. The number of carbonyl (C=O) groups excluding carboxylic acids is 1. The number of ether oxygens (including phenoxy) is 3. The average molecular weight is 637 g/mol. The maximum absolute atomic E-state index is 13.0. The lowest BCUT2D eigenvalue weighted by atomic mass is 10.0. The van der Waals surface area contributed by atoms with Crippen LogP contribution in [0.25, 0.3) is 0 Å². The zero-order chi connectivity index (χ0) is 32.3. The molecule has 0 aliphatic carbocycles. The van der Waals surface area contributed by atoms with Crippen molar-refractivity contribution in [2.75, 3.05) is 19.8 Å². The van der Waals surface area contributed by atoms with E-state index in [0.29, 0.717) is 29.2 Å². The van der Waals surface area contributed by atoms with Crippen LogP contribution >= 0.6 is 0 Å². The topological polar surface area (TPSA) is 103 Å². The van der Waals surface area contributed by atoms with Crippen molar-refractivity contribution >= 4 is 21.7 Å².